The van der Waals surface area contributed by atoms with Gasteiger partial charge in [-0.15, -0.1) is 0 Å². The fraction of sp³-hybridized carbons (Fsp3) is 0.500. The number of amides is 2. The first-order valence-electron chi connectivity index (χ1n) is 12.1. The van der Waals surface area contributed by atoms with Crippen LogP contribution >= 0.6 is 0 Å². The van der Waals surface area contributed by atoms with Crippen LogP contribution < -0.4 is 10.1 Å². The van der Waals surface area contributed by atoms with E-state index in [1.54, 1.807) is 17.5 Å². The van der Waals surface area contributed by atoms with Crippen molar-refractivity contribution in [2.45, 2.75) is 63.7 Å². The van der Waals surface area contributed by atoms with Crippen LogP contribution in [0.1, 0.15) is 44.1 Å². The molecule has 226 valence electrons. The predicted octanol–water partition coefficient (Wildman–Crippen LogP) is 6.27. The van der Waals surface area contributed by atoms with Crippen LogP contribution in [-0.2, 0) is 6.42 Å². The van der Waals surface area contributed by atoms with E-state index in [1.165, 1.54) is 24.8 Å². The Hall–Kier alpha value is -3.79. The average Bonchev–Trinajstić information content (AvgIpc) is 3.35. The number of carbonyl (C=O) groups is 1. The highest BCUT2D eigenvalue weighted by molar-refractivity contribution is 5.75. The molecule has 3 heterocycles. The van der Waals surface area contributed by atoms with E-state index < -0.39 is 61.7 Å². The van der Waals surface area contributed by atoms with Crippen molar-refractivity contribution in [3.8, 4) is 17.0 Å². The van der Waals surface area contributed by atoms with Gasteiger partial charge in [-0.2, -0.15) is 39.5 Å². The Bertz CT molecular complexity index is 1350. The molecule has 0 aromatic carbocycles. The minimum atomic E-state index is -5.35. The van der Waals surface area contributed by atoms with Crippen LogP contribution in [0.5, 0.6) is 5.75 Å². The van der Waals surface area contributed by atoms with Crippen LogP contribution in [0.25, 0.3) is 16.9 Å². The highest BCUT2D eigenvalue weighted by Crippen LogP contribution is 2.40. The molecule has 0 spiro atoms. The molecule has 0 fully saturated rings. The molecule has 0 saturated carbocycles. The summed E-state index contributed by atoms with van der Waals surface area (Å²) < 4.78 is 128. The van der Waals surface area contributed by atoms with E-state index in [4.69, 9.17) is 4.74 Å². The molecule has 0 aliphatic rings. The molecule has 3 aromatic heterocycles. The van der Waals surface area contributed by atoms with E-state index in [-0.39, 0.29) is 21.9 Å². The van der Waals surface area contributed by atoms with Gasteiger partial charge in [0.25, 0.3) is 0 Å². The van der Waals surface area contributed by atoms with Gasteiger partial charge in [0.1, 0.15) is 11.8 Å². The van der Waals surface area contributed by atoms with E-state index in [9.17, 15) is 44.3 Å². The van der Waals surface area contributed by atoms with E-state index in [0.29, 0.717) is 17.8 Å². The lowest BCUT2D eigenvalue weighted by atomic mass is 10.1. The van der Waals surface area contributed by atoms with Crippen molar-refractivity contribution in [3.63, 3.8) is 0 Å². The maximum absolute atomic E-state index is 14.4. The maximum atomic E-state index is 14.4. The van der Waals surface area contributed by atoms with E-state index in [1.807, 2.05) is 0 Å². The van der Waals surface area contributed by atoms with E-state index >= 15 is 0 Å². The van der Waals surface area contributed by atoms with E-state index in [2.05, 4.69) is 15.0 Å². The van der Waals surface area contributed by atoms with Gasteiger partial charge in [-0.1, -0.05) is 6.92 Å². The second-order valence-electron chi connectivity index (χ2n) is 8.82. The Labute approximate surface area is 227 Å². The Morgan fingerprint density at radius 1 is 1.07 bits per heavy atom. The molecular weight excluding hydrogens is 575 g/mol. The number of aromatic nitrogens is 4. The average molecular weight is 600 g/mol. The summed E-state index contributed by atoms with van der Waals surface area (Å²) in [5.74, 6) is 0.0143. The lowest BCUT2D eigenvalue weighted by molar-refractivity contribution is -0.182. The Balaban J connectivity index is 2.06. The summed E-state index contributed by atoms with van der Waals surface area (Å²) in [5.41, 5.74) is 0.426. The van der Waals surface area contributed by atoms with Gasteiger partial charge in [-0.25, -0.2) is 14.8 Å². The summed E-state index contributed by atoms with van der Waals surface area (Å²) in [6.45, 7) is 2.10. The zero-order valence-electron chi connectivity index (χ0n) is 21.8. The van der Waals surface area contributed by atoms with Gasteiger partial charge < -0.3 is 19.4 Å². The Morgan fingerprint density at radius 3 is 2.29 bits per heavy atom. The summed E-state index contributed by atoms with van der Waals surface area (Å²) in [4.78, 5) is 25.2. The van der Waals surface area contributed by atoms with Gasteiger partial charge in [-0.05, 0) is 25.8 Å². The van der Waals surface area contributed by atoms with Gasteiger partial charge in [0.15, 0.2) is 11.7 Å². The zero-order chi connectivity index (χ0) is 30.8. The third-order valence-electron chi connectivity index (χ3n) is 6.08. The molecule has 2 atom stereocenters. The highest BCUT2D eigenvalue weighted by Gasteiger charge is 2.49. The number of aryl methyl sites for hydroxylation is 1. The number of hydrogen-bond donors (Lipinski definition) is 1. The molecule has 0 aliphatic carbocycles. The molecule has 8 nitrogen and oxygen atoms in total. The minimum absolute atomic E-state index is 0.0143. The third-order valence-corrected chi connectivity index (χ3v) is 6.08. The second-order valence-corrected chi connectivity index (χ2v) is 8.82. The van der Waals surface area contributed by atoms with Crippen LogP contribution in [0.15, 0.2) is 30.9 Å². The van der Waals surface area contributed by atoms with Gasteiger partial charge in [0.2, 0.25) is 0 Å². The van der Waals surface area contributed by atoms with Crippen LogP contribution in [0.2, 0.25) is 0 Å². The van der Waals surface area contributed by atoms with E-state index in [0.717, 1.165) is 19.2 Å². The number of carbonyl (C=O) groups excluding carboxylic acids is 1. The largest absolute Gasteiger partial charge is 0.494 e. The van der Waals surface area contributed by atoms with Crippen molar-refractivity contribution in [3.05, 3.63) is 42.2 Å². The lowest BCUT2D eigenvalue weighted by Crippen LogP contribution is -2.53. The first-order valence-corrected chi connectivity index (χ1v) is 12.1. The Kier molecular flexibility index (Phi) is 9.27. The van der Waals surface area contributed by atoms with Crippen LogP contribution in [-0.4, -0.2) is 68.5 Å². The second kappa shape index (κ2) is 12.0. The van der Waals surface area contributed by atoms with Gasteiger partial charge >= 0.3 is 24.6 Å². The minimum Gasteiger partial charge on any atom is -0.494 e. The SMILES string of the molecule is CCc1nc(-c2cc([C@H](N(CC)C(=O)N[C@@H](CCC(F)(F)F)C(F)(F)F)C(F)(F)F)ncc2OC)cn2ccnc12. The number of nitrogens with zero attached hydrogens (tertiary/aromatic N) is 5. The number of imidazole rings is 1. The van der Waals surface area contributed by atoms with Crippen LogP contribution in [0.3, 0.4) is 0 Å². The van der Waals surface area contributed by atoms with Crippen molar-refractivity contribution in [1.29, 1.82) is 0 Å². The van der Waals surface area contributed by atoms with Gasteiger partial charge in [0, 0.05) is 37.1 Å². The molecule has 0 aliphatic heterocycles. The monoisotopic (exact) mass is 600 g/mol. The number of ether oxygens (including phenoxy) is 1. The maximum Gasteiger partial charge on any atom is 0.414 e. The van der Waals surface area contributed by atoms with Crippen LogP contribution in [0.4, 0.5) is 44.3 Å². The standard InChI is InChI=1S/C24H25F9N6O2/c1-4-14-20-34-8-9-38(20)12-16(36-14)13-10-15(35-11-17(13)41-3)19(24(31,32)33)39(5-2)21(40)37-18(23(28,29)30)6-7-22(25,26)27/h8-12,18-19H,4-7H2,1-3H3,(H,37,40)/t18-,19-/m0/s1. The summed E-state index contributed by atoms with van der Waals surface area (Å²) in [5, 5.41) is 1.29. The zero-order valence-corrected chi connectivity index (χ0v) is 21.8. The summed E-state index contributed by atoms with van der Waals surface area (Å²) in [6, 6.07) is -6.83. The number of fused-ring (bicyclic) bond motifs is 1. The van der Waals surface area contributed by atoms with Gasteiger partial charge in [0.05, 0.1) is 30.4 Å². The van der Waals surface area contributed by atoms with Crippen molar-refractivity contribution in [2.75, 3.05) is 13.7 Å². The molecule has 0 saturated heterocycles. The number of nitrogens with one attached hydrogen (secondary N) is 1. The summed E-state index contributed by atoms with van der Waals surface area (Å²) in [7, 11) is 1.24. The molecule has 2 amide bonds. The highest BCUT2D eigenvalue weighted by atomic mass is 19.4. The molecular formula is C24H25F9N6O2. The number of alkyl halides is 9. The fourth-order valence-electron chi connectivity index (χ4n) is 4.14. The van der Waals surface area contributed by atoms with Crippen LogP contribution in [0, 0.1) is 0 Å². The molecule has 41 heavy (non-hydrogen) atoms. The molecule has 0 radical (unpaired) electrons. The molecule has 3 aromatic rings. The van der Waals surface area contributed by atoms with Crippen molar-refractivity contribution >= 4 is 11.7 Å². The van der Waals surface area contributed by atoms with Crippen molar-refractivity contribution < 1.29 is 49.0 Å². The third kappa shape index (κ3) is 7.49. The quantitative estimate of drug-likeness (QED) is 0.293. The number of urea groups is 1. The number of hydrogen-bond acceptors (Lipinski definition) is 5. The molecule has 17 heteroatoms. The fourth-order valence-corrected chi connectivity index (χ4v) is 4.14. The summed E-state index contributed by atoms with van der Waals surface area (Å²) >= 11 is 0. The lowest BCUT2D eigenvalue weighted by Gasteiger charge is -2.34. The Morgan fingerprint density at radius 2 is 1.76 bits per heavy atom. The number of methoxy groups -OCH3 is 1. The molecule has 0 bridgehead atoms. The smallest absolute Gasteiger partial charge is 0.414 e. The first kappa shape index (κ1) is 31.7. The number of halogens is 9. The predicted molar refractivity (Wildman–Crippen MR) is 127 cm³/mol. The van der Waals surface area contributed by atoms with Gasteiger partial charge in [-0.3, -0.25) is 4.98 Å². The molecule has 3 rings (SSSR count). The number of rotatable bonds is 9. The molecule has 0 unspecified atom stereocenters. The van der Waals surface area contributed by atoms with Crippen molar-refractivity contribution in [1.82, 2.24) is 29.6 Å². The normalized spacial score (nSPS) is 14.1. The number of pyridine rings is 1. The summed E-state index contributed by atoms with van der Waals surface area (Å²) in [6.07, 6.45) is -13.2. The first-order chi connectivity index (χ1) is 19.0. The molecule has 1 N–H and O–H groups in total. The topological polar surface area (TPSA) is 84.7 Å². The van der Waals surface area contributed by atoms with Crippen molar-refractivity contribution in [2.24, 2.45) is 0 Å².